The molecule has 88 valence electrons. The Balaban J connectivity index is 3.59. The van der Waals surface area contributed by atoms with Gasteiger partial charge in [-0.05, 0) is 20.9 Å². The van der Waals surface area contributed by atoms with Gasteiger partial charge in [-0.1, -0.05) is 0 Å². The van der Waals surface area contributed by atoms with Crippen LogP contribution in [0.2, 0.25) is 0 Å². The maximum absolute atomic E-state index is 11.1. The van der Waals surface area contributed by atoms with E-state index in [1.54, 1.807) is 14.0 Å². The molecule has 0 spiro atoms. The summed E-state index contributed by atoms with van der Waals surface area (Å²) in [6.07, 6.45) is -0.959. The molecule has 0 saturated carbocycles. The minimum atomic E-state index is -0.515. The van der Waals surface area contributed by atoms with Crippen LogP contribution in [0.4, 0.5) is 4.79 Å². The second-order valence-corrected chi connectivity index (χ2v) is 3.22. The Kier molecular flexibility index (Phi) is 7.35. The molecule has 0 aromatic heterocycles. The third-order valence-corrected chi connectivity index (χ3v) is 1.75. The Labute approximate surface area is 89.3 Å². The molecule has 2 N–H and O–H groups in total. The van der Waals surface area contributed by atoms with Gasteiger partial charge in [0.05, 0.1) is 0 Å². The highest BCUT2D eigenvalue weighted by atomic mass is 16.6. The largest absolute Gasteiger partial charge is 0.464 e. The Morgan fingerprint density at radius 2 is 2.13 bits per heavy atom. The minimum absolute atomic E-state index is 0.0680. The summed E-state index contributed by atoms with van der Waals surface area (Å²) >= 11 is 0. The van der Waals surface area contributed by atoms with Crippen molar-refractivity contribution < 1.29 is 19.1 Å². The monoisotopic (exact) mass is 218 g/mol. The van der Waals surface area contributed by atoms with Gasteiger partial charge in [-0.15, -0.1) is 0 Å². The first kappa shape index (κ1) is 13.7. The van der Waals surface area contributed by atoms with Crippen molar-refractivity contribution in [1.29, 1.82) is 0 Å². The van der Waals surface area contributed by atoms with Crippen molar-refractivity contribution in [2.75, 3.05) is 20.2 Å². The van der Waals surface area contributed by atoms with E-state index in [1.807, 2.05) is 6.92 Å². The quantitative estimate of drug-likeness (QED) is 0.583. The molecule has 0 radical (unpaired) electrons. The lowest BCUT2D eigenvalue weighted by molar-refractivity contribution is -0.131. The van der Waals surface area contributed by atoms with E-state index in [0.29, 0.717) is 13.0 Å². The summed E-state index contributed by atoms with van der Waals surface area (Å²) in [4.78, 5) is 21.0. The van der Waals surface area contributed by atoms with Crippen LogP contribution in [0.15, 0.2) is 0 Å². The minimum Gasteiger partial charge on any atom is -0.464 e. The zero-order valence-electron chi connectivity index (χ0n) is 9.28. The lowest BCUT2D eigenvalue weighted by Gasteiger charge is -2.14. The number of ether oxygens (including phenoxy) is 2. The van der Waals surface area contributed by atoms with Crippen molar-refractivity contribution in [2.24, 2.45) is 0 Å². The molecule has 6 nitrogen and oxygen atoms in total. The standard InChI is InChI=1S/C9H18N2O4/c1-7(10-3)4-11-9(13)15-8(2)5-14-6-12/h6-8,10H,4-5H2,1-3H3,(H,11,13). The third kappa shape index (κ3) is 7.75. The van der Waals surface area contributed by atoms with E-state index in [-0.39, 0.29) is 12.6 Å². The number of amides is 1. The first-order chi connectivity index (χ1) is 7.10. The number of alkyl carbamates (subject to hydrolysis) is 1. The topological polar surface area (TPSA) is 76.7 Å². The molecule has 0 aliphatic rings. The molecule has 6 heteroatoms. The molecule has 0 bridgehead atoms. The molecule has 15 heavy (non-hydrogen) atoms. The number of carbonyl (C=O) groups excluding carboxylic acids is 2. The molecule has 0 heterocycles. The summed E-state index contributed by atoms with van der Waals surface area (Å²) in [6.45, 7) is 4.44. The fraction of sp³-hybridized carbons (Fsp3) is 0.778. The highest BCUT2D eigenvalue weighted by Gasteiger charge is 2.09. The van der Waals surface area contributed by atoms with Gasteiger partial charge < -0.3 is 20.1 Å². The molecule has 0 saturated heterocycles. The highest BCUT2D eigenvalue weighted by Crippen LogP contribution is 1.91. The summed E-state index contributed by atoms with van der Waals surface area (Å²) in [5.41, 5.74) is 0. The van der Waals surface area contributed by atoms with Gasteiger partial charge >= 0.3 is 6.09 Å². The molecule has 0 aromatic rings. The van der Waals surface area contributed by atoms with Crippen molar-refractivity contribution in [1.82, 2.24) is 10.6 Å². The molecule has 0 rings (SSSR count). The van der Waals surface area contributed by atoms with Crippen LogP contribution >= 0.6 is 0 Å². The summed E-state index contributed by atoms with van der Waals surface area (Å²) in [5.74, 6) is 0. The van der Waals surface area contributed by atoms with Crippen molar-refractivity contribution in [3.63, 3.8) is 0 Å². The first-order valence-corrected chi connectivity index (χ1v) is 4.77. The van der Waals surface area contributed by atoms with Crippen LogP contribution in [-0.2, 0) is 14.3 Å². The molecule has 0 aromatic carbocycles. The summed E-state index contributed by atoms with van der Waals surface area (Å²) in [7, 11) is 1.80. The number of nitrogens with one attached hydrogen (secondary N) is 2. The van der Waals surface area contributed by atoms with Gasteiger partial charge in [-0.2, -0.15) is 0 Å². The fourth-order valence-electron chi connectivity index (χ4n) is 0.772. The zero-order chi connectivity index (χ0) is 11.7. The van der Waals surface area contributed by atoms with E-state index in [0.717, 1.165) is 0 Å². The summed E-state index contributed by atoms with van der Waals surface area (Å²) in [6, 6.07) is 0.180. The van der Waals surface area contributed by atoms with Crippen molar-refractivity contribution >= 4 is 12.6 Å². The Bertz CT molecular complexity index is 199. The van der Waals surface area contributed by atoms with E-state index in [1.165, 1.54) is 0 Å². The van der Waals surface area contributed by atoms with Crippen LogP contribution in [-0.4, -0.2) is 44.9 Å². The normalized spacial score (nSPS) is 13.8. The van der Waals surface area contributed by atoms with Gasteiger partial charge in [-0.3, -0.25) is 4.79 Å². The molecule has 2 atom stereocenters. The number of rotatable bonds is 7. The van der Waals surface area contributed by atoms with Gasteiger partial charge in [0.25, 0.3) is 6.47 Å². The van der Waals surface area contributed by atoms with Gasteiger partial charge in [-0.25, -0.2) is 4.79 Å². The second-order valence-electron chi connectivity index (χ2n) is 3.22. The Morgan fingerprint density at radius 3 is 2.67 bits per heavy atom. The number of likely N-dealkylation sites (N-methyl/N-ethyl adjacent to an activating group) is 1. The smallest absolute Gasteiger partial charge is 0.407 e. The van der Waals surface area contributed by atoms with Crippen molar-refractivity contribution in [2.45, 2.75) is 26.0 Å². The van der Waals surface area contributed by atoms with Crippen molar-refractivity contribution in [3.8, 4) is 0 Å². The molecule has 0 fully saturated rings. The average Bonchev–Trinajstić information content (AvgIpc) is 2.22. The van der Waals surface area contributed by atoms with Crippen LogP contribution in [0.3, 0.4) is 0 Å². The van der Waals surface area contributed by atoms with E-state index in [2.05, 4.69) is 15.4 Å². The molecule has 2 unspecified atom stereocenters. The Hall–Kier alpha value is -1.30. The van der Waals surface area contributed by atoms with E-state index >= 15 is 0 Å². The van der Waals surface area contributed by atoms with Crippen LogP contribution < -0.4 is 10.6 Å². The summed E-state index contributed by atoms with van der Waals surface area (Å²) < 4.78 is 9.33. The highest BCUT2D eigenvalue weighted by molar-refractivity contribution is 5.67. The lowest BCUT2D eigenvalue weighted by atomic mass is 10.3. The van der Waals surface area contributed by atoms with E-state index < -0.39 is 12.2 Å². The lowest BCUT2D eigenvalue weighted by Crippen LogP contribution is -2.38. The Morgan fingerprint density at radius 1 is 1.47 bits per heavy atom. The number of hydrogen-bond acceptors (Lipinski definition) is 5. The van der Waals surface area contributed by atoms with Crippen LogP contribution in [0, 0.1) is 0 Å². The average molecular weight is 218 g/mol. The van der Waals surface area contributed by atoms with Gasteiger partial charge in [0.1, 0.15) is 12.7 Å². The van der Waals surface area contributed by atoms with Crippen molar-refractivity contribution in [3.05, 3.63) is 0 Å². The third-order valence-electron chi connectivity index (χ3n) is 1.75. The molecule has 0 aliphatic carbocycles. The molecule has 1 amide bonds. The second kappa shape index (κ2) is 8.05. The summed E-state index contributed by atoms with van der Waals surface area (Å²) in [5, 5.41) is 5.54. The maximum Gasteiger partial charge on any atom is 0.407 e. The molecular formula is C9H18N2O4. The van der Waals surface area contributed by atoms with Crippen LogP contribution in [0.25, 0.3) is 0 Å². The predicted molar refractivity (Wildman–Crippen MR) is 54.5 cm³/mol. The van der Waals surface area contributed by atoms with E-state index in [4.69, 9.17) is 4.74 Å². The van der Waals surface area contributed by atoms with Gasteiger partial charge in [0.2, 0.25) is 0 Å². The predicted octanol–water partition coefficient (Wildman–Crippen LogP) is -0.118. The fourth-order valence-corrected chi connectivity index (χ4v) is 0.772. The van der Waals surface area contributed by atoms with E-state index in [9.17, 15) is 9.59 Å². The SMILES string of the molecule is CNC(C)CNC(=O)OC(C)COC=O. The molecule has 0 aliphatic heterocycles. The maximum atomic E-state index is 11.1. The number of hydrogen-bond donors (Lipinski definition) is 2. The van der Waals surface area contributed by atoms with Crippen LogP contribution in [0.5, 0.6) is 0 Å². The number of carbonyl (C=O) groups is 2. The molecular weight excluding hydrogens is 200 g/mol. The first-order valence-electron chi connectivity index (χ1n) is 4.77. The van der Waals surface area contributed by atoms with Gasteiger partial charge in [0.15, 0.2) is 0 Å². The van der Waals surface area contributed by atoms with Crippen LogP contribution in [0.1, 0.15) is 13.8 Å². The van der Waals surface area contributed by atoms with Gasteiger partial charge in [0, 0.05) is 12.6 Å². The zero-order valence-corrected chi connectivity index (χ0v) is 9.28.